The number of halogens is 1. The van der Waals surface area contributed by atoms with Crippen molar-refractivity contribution in [1.82, 2.24) is 0 Å². The number of hydrogen-bond acceptors (Lipinski definition) is 4. The average Bonchev–Trinajstić information content (AvgIpc) is 2.39. The predicted octanol–water partition coefficient (Wildman–Crippen LogP) is 2.23. The Bertz CT molecular complexity index is 763. The summed E-state index contributed by atoms with van der Waals surface area (Å²) in [7, 11) is -3.79. The molecule has 0 radical (unpaired) electrons. The summed E-state index contributed by atoms with van der Waals surface area (Å²) in [6.07, 6.45) is 0. The molecule has 21 heavy (non-hydrogen) atoms. The molecule has 2 aromatic rings. The van der Waals surface area contributed by atoms with Crippen molar-refractivity contribution < 1.29 is 12.8 Å². The van der Waals surface area contributed by atoms with Gasteiger partial charge in [0, 0.05) is 6.04 Å². The van der Waals surface area contributed by atoms with E-state index in [1.807, 2.05) is 6.92 Å². The summed E-state index contributed by atoms with van der Waals surface area (Å²) in [5, 5.41) is 8.14. The number of anilines is 2. The molecule has 0 aliphatic rings. The van der Waals surface area contributed by atoms with E-state index in [4.69, 9.17) is 10.9 Å². The zero-order valence-corrected chi connectivity index (χ0v) is 12.2. The maximum absolute atomic E-state index is 13.2. The molecule has 0 aliphatic heterocycles. The Kier molecular flexibility index (Phi) is 4.15. The van der Waals surface area contributed by atoms with Crippen molar-refractivity contribution in [2.45, 2.75) is 17.9 Å². The van der Waals surface area contributed by atoms with Gasteiger partial charge in [-0.3, -0.25) is 0 Å². The smallest absolute Gasteiger partial charge is 0.238 e. The normalized spacial score (nSPS) is 12.9. The number of primary sulfonamides is 1. The lowest BCUT2D eigenvalue weighted by Gasteiger charge is -2.17. The Labute approximate surface area is 122 Å². The molecule has 0 heterocycles. The van der Waals surface area contributed by atoms with E-state index in [-0.39, 0.29) is 22.4 Å². The number of rotatable bonds is 4. The zero-order valence-electron chi connectivity index (χ0n) is 11.4. The highest BCUT2D eigenvalue weighted by atomic mass is 32.2. The fraction of sp³-hybridized carbons (Fsp3) is 0.143. The third-order valence-corrected chi connectivity index (χ3v) is 3.98. The number of nitrogen functional groups attached to an aromatic ring is 1. The second kappa shape index (κ2) is 5.71. The van der Waals surface area contributed by atoms with Crippen molar-refractivity contribution in [3.8, 4) is 0 Å². The van der Waals surface area contributed by atoms with Gasteiger partial charge in [0.05, 0.1) is 16.3 Å². The van der Waals surface area contributed by atoms with Gasteiger partial charge < -0.3 is 11.1 Å². The van der Waals surface area contributed by atoms with Crippen molar-refractivity contribution >= 4 is 21.4 Å². The highest BCUT2D eigenvalue weighted by Gasteiger charge is 2.12. The largest absolute Gasteiger partial charge is 0.397 e. The average molecular weight is 309 g/mol. The summed E-state index contributed by atoms with van der Waals surface area (Å²) in [5.74, 6) is -0.321. The summed E-state index contributed by atoms with van der Waals surface area (Å²) in [6, 6.07) is 10.2. The van der Waals surface area contributed by atoms with Crippen LogP contribution in [0.4, 0.5) is 15.8 Å². The van der Waals surface area contributed by atoms with Gasteiger partial charge in [-0.25, -0.2) is 17.9 Å². The lowest BCUT2D eigenvalue weighted by atomic mass is 10.1. The minimum Gasteiger partial charge on any atom is -0.397 e. The van der Waals surface area contributed by atoms with Crippen LogP contribution in [0.25, 0.3) is 0 Å². The van der Waals surface area contributed by atoms with Crippen molar-refractivity contribution in [3.05, 3.63) is 53.8 Å². The van der Waals surface area contributed by atoms with E-state index in [0.29, 0.717) is 5.69 Å². The molecule has 5 N–H and O–H groups in total. The molecule has 0 saturated carbocycles. The molecule has 0 amide bonds. The molecule has 2 rings (SSSR count). The summed E-state index contributed by atoms with van der Waals surface area (Å²) in [5.41, 5.74) is 7.38. The van der Waals surface area contributed by atoms with Crippen LogP contribution >= 0.6 is 0 Å². The molecule has 1 atom stereocenters. The Morgan fingerprint density at radius 1 is 1.19 bits per heavy atom. The van der Waals surface area contributed by atoms with Crippen molar-refractivity contribution in [2.24, 2.45) is 5.14 Å². The first kappa shape index (κ1) is 15.3. The number of nitrogens with two attached hydrogens (primary N) is 2. The molecule has 7 heteroatoms. The molecule has 112 valence electrons. The molecule has 1 unspecified atom stereocenters. The maximum atomic E-state index is 13.2. The van der Waals surface area contributed by atoms with Crippen LogP contribution in [0.3, 0.4) is 0 Å². The lowest BCUT2D eigenvalue weighted by molar-refractivity contribution is 0.598. The van der Waals surface area contributed by atoms with E-state index < -0.39 is 10.0 Å². The molecule has 0 fully saturated rings. The number of hydrogen-bond donors (Lipinski definition) is 3. The molecule has 0 saturated heterocycles. The summed E-state index contributed by atoms with van der Waals surface area (Å²) in [6.45, 7) is 1.85. The predicted molar refractivity (Wildman–Crippen MR) is 80.7 cm³/mol. The highest BCUT2D eigenvalue weighted by molar-refractivity contribution is 7.89. The molecule has 5 nitrogen and oxygen atoms in total. The van der Waals surface area contributed by atoms with Gasteiger partial charge in [0.15, 0.2) is 0 Å². The Balaban J connectivity index is 2.24. The Morgan fingerprint density at radius 3 is 2.48 bits per heavy atom. The zero-order chi connectivity index (χ0) is 15.6. The van der Waals surface area contributed by atoms with Gasteiger partial charge in [0.1, 0.15) is 5.82 Å². The van der Waals surface area contributed by atoms with Crippen LogP contribution in [0.2, 0.25) is 0 Å². The quantitative estimate of drug-likeness (QED) is 0.754. The molecular weight excluding hydrogens is 293 g/mol. The monoisotopic (exact) mass is 309 g/mol. The number of sulfonamides is 1. The SMILES string of the molecule is CC(Nc1ccc(S(N)(=O)=O)cc1N)c1cccc(F)c1. The van der Waals surface area contributed by atoms with Gasteiger partial charge in [-0.05, 0) is 42.8 Å². The van der Waals surface area contributed by atoms with Gasteiger partial charge in [-0.1, -0.05) is 12.1 Å². The Hall–Kier alpha value is -2.12. The molecule has 0 aliphatic carbocycles. The standard InChI is InChI=1S/C14H16FN3O2S/c1-9(10-3-2-4-11(15)7-10)18-14-6-5-12(8-13(14)16)21(17,19)20/h2-9,18H,16H2,1H3,(H2,17,19,20). The van der Waals surface area contributed by atoms with E-state index in [1.165, 1.54) is 30.3 Å². The van der Waals surface area contributed by atoms with E-state index in [1.54, 1.807) is 12.1 Å². The van der Waals surface area contributed by atoms with Crippen molar-refractivity contribution in [1.29, 1.82) is 0 Å². The van der Waals surface area contributed by atoms with Crippen LogP contribution in [-0.4, -0.2) is 8.42 Å². The van der Waals surface area contributed by atoms with E-state index >= 15 is 0 Å². The minimum absolute atomic E-state index is 0.0519. The van der Waals surface area contributed by atoms with Gasteiger partial charge >= 0.3 is 0 Å². The maximum Gasteiger partial charge on any atom is 0.238 e. The highest BCUT2D eigenvalue weighted by Crippen LogP contribution is 2.26. The van der Waals surface area contributed by atoms with E-state index in [2.05, 4.69) is 5.32 Å². The van der Waals surface area contributed by atoms with Crippen LogP contribution < -0.4 is 16.2 Å². The number of nitrogens with one attached hydrogen (secondary N) is 1. The Morgan fingerprint density at radius 2 is 1.90 bits per heavy atom. The fourth-order valence-corrected chi connectivity index (χ4v) is 2.49. The fourth-order valence-electron chi connectivity index (χ4n) is 1.94. The molecular formula is C14H16FN3O2S. The second-order valence-corrected chi connectivity index (χ2v) is 6.28. The first-order valence-electron chi connectivity index (χ1n) is 6.21. The topological polar surface area (TPSA) is 98.2 Å². The van der Waals surface area contributed by atoms with Crippen LogP contribution in [-0.2, 0) is 10.0 Å². The first-order chi connectivity index (χ1) is 9.77. The summed E-state index contributed by atoms with van der Waals surface area (Å²) in [4.78, 5) is -0.0519. The van der Waals surface area contributed by atoms with Gasteiger partial charge in [0.2, 0.25) is 10.0 Å². The van der Waals surface area contributed by atoms with Crippen LogP contribution in [0.15, 0.2) is 47.4 Å². The van der Waals surface area contributed by atoms with Crippen LogP contribution in [0.1, 0.15) is 18.5 Å². The van der Waals surface area contributed by atoms with Crippen molar-refractivity contribution in [2.75, 3.05) is 11.1 Å². The molecule has 0 aromatic heterocycles. The molecule has 0 spiro atoms. The van der Waals surface area contributed by atoms with Crippen LogP contribution in [0.5, 0.6) is 0 Å². The molecule has 0 bridgehead atoms. The van der Waals surface area contributed by atoms with Crippen LogP contribution in [0, 0.1) is 5.82 Å². The van der Waals surface area contributed by atoms with E-state index in [0.717, 1.165) is 5.56 Å². The lowest BCUT2D eigenvalue weighted by Crippen LogP contribution is -2.13. The minimum atomic E-state index is -3.79. The summed E-state index contributed by atoms with van der Waals surface area (Å²) < 4.78 is 35.7. The molecule has 2 aromatic carbocycles. The number of benzene rings is 2. The van der Waals surface area contributed by atoms with Gasteiger partial charge in [-0.2, -0.15) is 0 Å². The summed E-state index contributed by atoms with van der Waals surface area (Å²) >= 11 is 0. The third kappa shape index (κ3) is 3.71. The van der Waals surface area contributed by atoms with Crippen molar-refractivity contribution in [3.63, 3.8) is 0 Å². The van der Waals surface area contributed by atoms with Gasteiger partial charge in [0.25, 0.3) is 0 Å². The third-order valence-electron chi connectivity index (χ3n) is 3.07. The second-order valence-electron chi connectivity index (χ2n) is 4.72. The first-order valence-corrected chi connectivity index (χ1v) is 7.76. The van der Waals surface area contributed by atoms with E-state index in [9.17, 15) is 12.8 Å². The van der Waals surface area contributed by atoms with Gasteiger partial charge in [-0.15, -0.1) is 0 Å².